The van der Waals surface area contributed by atoms with Gasteiger partial charge in [0.1, 0.15) is 11.3 Å². The molecule has 1 aromatic carbocycles. The maximum absolute atomic E-state index is 12.1. The molecule has 2 rings (SSSR count). The van der Waals surface area contributed by atoms with Gasteiger partial charge in [-0.15, -0.1) is 0 Å². The van der Waals surface area contributed by atoms with E-state index < -0.39 is 11.9 Å². The highest BCUT2D eigenvalue weighted by molar-refractivity contribution is 6.01. The average molecular weight is 330 g/mol. The van der Waals surface area contributed by atoms with Crippen LogP contribution in [0.25, 0.3) is 11.4 Å². The number of esters is 2. The van der Waals surface area contributed by atoms with Crippen molar-refractivity contribution in [2.75, 3.05) is 20.3 Å². The van der Waals surface area contributed by atoms with Gasteiger partial charge in [-0.2, -0.15) is 0 Å². The van der Waals surface area contributed by atoms with Crippen molar-refractivity contribution in [3.8, 4) is 17.1 Å². The molecule has 0 saturated heterocycles. The van der Waals surface area contributed by atoms with Crippen molar-refractivity contribution in [3.63, 3.8) is 0 Å². The summed E-state index contributed by atoms with van der Waals surface area (Å²) in [6.07, 6.45) is 1.27. The van der Waals surface area contributed by atoms with E-state index in [-0.39, 0.29) is 24.5 Å². The number of aromatic nitrogens is 2. The molecule has 0 saturated carbocycles. The molecule has 126 valence electrons. The molecule has 7 nitrogen and oxygen atoms in total. The fourth-order valence-electron chi connectivity index (χ4n) is 1.97. The van der Waals surface area contributed by atoms with E-state index in [1.807, 2.05) is 0 Å². The van der Waals surface area contributed by atoms with E-state index in [0.29, 0.717) is 17.1 Å². The van der Waals surface area contributed by atoms with Crippen molar-refractivity contribution in [1.29, 1.82) is 0 Å². The highest BCUT2D eigenvalue weighted by Crippen LogP contribution is 2.21. The zero-order valence-electron chi connectivity index (χ0n) is 13.7. The number of benzene rings is 1. The number of rotatable bonds is 6. The SMILES string of the molecule is CCOC(=O)c1cnc(-c2ccc(OC)cc2)nc1C(=O)OCC. The van der Waals surface area contributed by atoms with Gasteiger partial charge in [-0.05, 0) is 38.1 Å². The van der Waals surface area contributed by atoms with E-state index >= 15 is 0 Å². The Bertz CT molecular complexity index is 728. The van der Waals surface area contributed by atoms with Crippen LogP contribution in [-0.2, 0) is 9.47 Å². The molecular weight excluding hydrogens is 312 g/mol. The first kappa shape index (κ1) is 17.4. The molecule has 0 fully saturated rings. The van der Waals surface area contributed by atoms with Gasteiger partial charge in [0, 0.05) is 11.8 Å². The second kappa shape index (κ2) is 8.05. The highest BCUT2D eigenvalue weighted by Gasteiger charge is 2.23. The second-order valence-corrected chi connectivity index (χ2v) is 4.63. The van der Waals surface area contributed by atoms with E-state index in [4.69, 9.17) is 14.2 Å². The maximum atomic E-state index is 12.1. The number of hydrogen-bond acceptors (Lipinski definition) is 7. The molecule has 0 radical (unpaired) electrons. The normalized spacial score (nSPS) is 10.1. The largest absolute Gasteiger partial charge is 0.497 e. The zero-order valence-corrected chi connectivity index (χ0v) is 13.7. The van der Waals surface area contributed by atoms with Crippen molar-refractivity contribution in [2.24, 2.45) is 0 Å². The lowest BCUT2D eigenvalue weighted by Crippen LogP contribution is -2.17. The Balaban J connectivity index is 2.45. The summed E-state index contributed by atoms with van der Waals surface area (Å²) in [5, 5.41) is 0. The highest BCUT2D eigenvalue weighted by atomic mass is 16.5. The Morgan fingerprint density at radius 2 is 1.62 bits per heavy atom. The molecule has 2 aromatic rings. The summed E-state index contributed by atoms with van der Waals surface area (Å²) >= 11 is 0. The minimum atomic E-state index is -0.697. The Hall–Kier alpha value is -2.96. The first-order valence-electron chi connectivity index (χ1n) is 7.46. The molecule has 24 heavy (non-hydrogen) atoms. The zero-order chi connectivity index (χ0) is 17.5. The van der Waals surface area contributed by atoms with Crippen LogP contribution in [0.2, 0.25) is 0 Å². The number of ether oxygens (including phenoxy) is 3. The molecule has 0 bridgehead atoms. The summed E-state index contributed by atoms with van der Waals surface area (Å²) in [5.74, 6) is -0.374. The first-order chi connectivity index (χ1) is 11.6. The van der Waals surface area contributed by atoms with Crippen LogP contribution in [0, 0.1) is 0 Å². The number of carbonyl (C=O) groups is 2. The van der Waals surface area contributed by atoms with E-state index in [2.05, 4.69) is 9.97 Å². The quantitative estimate of drug-likeness (QED) is 0.752. The van der Waals surface area contributed by atoms with E-state index in [1.165, 1.54) is 6.20 Å². The van der Waals surface area contributed by atoms with Crippen molar-refractivity contribution in [2.45, 2.75) is 13.8 Å². The number of nitrogens with zero attached hydrogens (tertiary/aromatic N) is 2. The van der Waals surface area contributed by atoms with Gasteiger partial charge in [-0.3, -0.25) is 0 Å². The van der Waals surface area contributed by atoms with Crippen LogP contribution in [-0.4, -0.2) is 42.2 Å². The summed E-state index contributed by atoms with van der Waals surface area (Å²) in [6, 6.07) is 7.02. The Labute approximate surface area is 139 Å². The van der Waals surface area contributed by atoms with Crippen molar-refractivity contribution in [1.82, 2.24) is 9.97 Å². The monoisotopic (exact) mass is 330 g/mol. The van der Waals surface area contributed by atoms with Gasteiger partial charge in [0.15, 0.2) is 11.5 Å². The lowest BCUT2D eigenvalue weighted by atomic mass is 10.1. The van der Waals surface area contributed by atoms with Crippen molar-refractivity contribution in [3.05, 3.63) is 41.7 Å². The molecule has 0 aliphatic carbocycles. The predicted octanol–water partition coefficient (Wildman–Crippen LogP) is 2.51. The van der Waals surface area contributed by atoms with E-state index in [9.17, 15) is 9.59 Å². The van der Waals surface area contributed by atoms with E-state index in [1.54, 1.807) is 45.2 Å². The fraction of sp³-hybridized carbons (Fsp3) is 0.294. The second-order valence-electron chi connectivity index (χ2n) is 4.63. The molecule has 1 heterocycles. The van der Waals surface area contributed by atoms with Gasteiger partial charge in [-0.25, -0.2) is 19.6 Å². The Morgan fingerprint density at radius 1 is 1.00 bits per heavy atom. The van der Waals surface area contributed by atoms with Crippen LogP contribution < -0.4 is 4.74 Å². The Kier molecular flexibility index (Phi) is 5.83. The minimum absolute atomic E-state index is 0.0208. The summed E-state index contributed by atoms with van der Waals surface area (Å²) < 4.78 is 15.0. The molecule has 0 amide bonds. The molecule has 0 N–H and O–H groups in total. The molecular formula is C17H18N2O5. The summed E-state index contributed by atoms with van der Waals surface area (Å²) in [7, 11) is 1.57. The van der Waals surface area contributed by atoms with Gasteiger partial charge in [0.05, 0.1) is 20.3 Å². The molecule has 0 aliphatic rings. The molecule has 0 atom stereocenters. The van der Waals surface area contributed by atoms with Crippen LogP contribution >= 0.6 is 0 Å². The number of methoxy groups -OCH3 is 1. The van der Waals surface area contributed by atoms with Gasteiger partial charge in [0.2, 0.25) is 0 Å². The smallest absolute Gasteiger partial charge is 0.357 e. The summed E-state index contributed by atoms with van der Waals surface area (Å²) in [4.78, 5) is 32.4. The van der Waals surface area contributed by atoms with Gasteiger partial charge in [-0.1, -0.05) is 0 Å². The third-order valence-electron chi connectivity index (χ3n) is 3.10. The van der Waals surface area contributed by atoms with Crippen LogP contribution in [0.5, 0.6) is 5.75 Å². The van der Waals surface area contributed by atoms with Crippen LogP contribution in [0.15, 0.2) is 30.5 Å². The topological polar surface area (TPSA) is 87.6 Å². The molecule has 1 aromatic heterocycles. The molecule has 0 spiro atoms. The first-order valence-corrected chi connectivity index (χ1v) is 7.46. The van der Waals surface area contributed by atoms with Gasteiger partial charge < -0.3 is 14.2 Å². The van der Waals surface area contributed by atoms with Crippen LogP contribution in [0.4, 0.5) is 0 Å². The minimum Gasteiger partial charge on any atom is -0.497 e. The number of hydrogen-bond donors (Lipinski definition) is 0. The van der Waals surface area contributed by atoms with Crippen LogP contribution in [0.1, 0.15) is 34.7 Å². The third-order valence-corrected chi connectivity index (χ3v) is 3.10. The standard InChI is InChI=1S/C17H18N2O5/c1-4-23-16(20)13-10-18-15(19-14(13)17(21)24-5-2)11-6-8-12(22-3)9-7-11/h6-10H,4-5H2,1-3H3. The lowest BCUT2D eigenvalue weighted by molar-refractivity contribution is 0.0473. The Morgan fingerprint density at radius 3 is 2.21 bits per heavy atom. The van der Waals surface area contributed by atoms with Crippen molar-refractivity contribution < 1.29 is 23.8 Å². The van der Waals surface area contributed by atoms with E-state index in [0.717, 1.165) is 0 Å². The maximum Gasteiger partial charge on any atom is 0.357 e. The molecule has 0 unspecified atom stereocenters. The van der Waals surface area contributed by atoms with Gasteiger partial charge in [0.25, 0.3) is 0 Å². The number of carbonyl (C=O) groups excluding carboxylic acids is 2. The third kappa shape index (κ3) is 3.87. The predicted molar refractivity (Wildman–Crippen MR) is 85.9 cm³/mol. The summed E-state index contributed by atoms with van der Waals surface area (Å²) in [5.41, 5.74) is 0.542. The van der Waals surface area contributed by atoms with Crippen LogP contribution in [0.3, 0.4) is 0 Å². The molecule has 7 heteroatoms. The fourth-order valence-corrected chi connectivity index (χ4v) is 1.97. The average Bonchev–Trinajstić information content (AvgIpc) is 2.61. The molecule has 0 aliphatic heterocycles. The van der Waals surface area contributed by atoms with Crippen molar-refractivity contribution >= 4 is 11.9 Å². The lowest BCUT2D eigenvalue weighted by Gasteiger charge is -2.09. The summed E-state index contributed by atoms with van der Waals surface area (Å²) in [6.45, 7) is 3.70. The van der Waals surface area contributed by atoms with Gasteiger partial charge >= 0.3 is 11.9 Å².